The van der Waals surface area contributed by atoms with E-state index < -0.39 is 0 Å². The average molecular weight is 306 g/mol. The number of benzene rings is 2. The second-order valence-electron chi connectivity index (χ2n) is 7.13. The van der Waals surface area contributed by atoms with E-state index in [1.54, 1.807) is 5.56 Å². The zero-order valence-electron chi connectivity index (χ0n) is 14.0. The van der Waals surface area contributed by atoms with E-state index in [-0.39, 0.29) is 0 Å². The highest BCUT2D eigenvalue weighted by molar-refractivity contribution is 5.63. The van der Waals surface area contributed by atoms with Crippen LogP contribution in [0.15, 0.2) is 48.5 Å². The second kappa shape index (κ2) is 6.37. The van der Waals surface area contributed by atoms with Crippen LogP contribution in [0.1, 0.15) is 30.4 Å². The summed E-state index contributed by atoms with van der Waals surface area (Å²) >= 11 is 0. The summed E-state index contributed by atoms with van der Waals surface area (Å²) in [6.45, 7) is 3.66. The molecule has 2 aliphatic rings. The summed E-state index contributed by atoms with van der Waals surface area (Å²) in [7, 11) is 2.16. The van der Waals surface area contributed by atoms with Crippen LogP contribution >= 0.6 is 0 Å². The Labute approximate surface area is 139 Å². The summed E-state index contributed by atoms with van der Waals surface area (Å²) < 4.78 is 0. The van der Waals surface area contributed by atoms with Gasteiger partial charge in [-0.15, -0.1) is 0 Å². The van der Waals surface area contributed by atoms with Crippen molar-refractivity contribution in [2.45, 2.75) is 32.2 Å². The molecule has 1 heterocycles. The predicted molar refractivity (Wildman–Crippen MR) is 97.3 cm³/mol. The first-order chi connectivity index (χ1) is 11.3. The molecule has 0 bridgehead atoms. The lowest BCUT2D eigenvalue weighted by Gasteiger charge is -2.35. The van der Waals surface area contributed by atoms with Crippen molar-refractivity contribution in [3.63, 3.8) is 0 Å². The summed E-state index contributed by atoms with van der Waals surface area (Å²) in [5, 5.41) is 0. The van der Waals surface area contributed by atoms with E-state index in [0.717, 1.165) is 12.5 Å². The quantitative estimate of drug-likeness (QED) is 0.813. The molecule has 0 saturated heterocycles. The Morgan fingerprint density at radius 2 is 1.83 bits per heavy atom. The van der Waals surface area contributed by atoms with Crippen LogP contribution in [0, 0.1) is 5.92 Å². The monoisotopic (exact) mass is 306 g/mol. The smallest absolute Gasteiger partial charge is 0.0411 e. The first kappa shape index (κ1) is 14.8. The molecule has 0 radical (unpaired) electrons. The molecule has 0 atom stereocenters. The molecule has 1 fully saturated rings. The molecule has 0 unspecified atom stereocenters. The number of rotatable bonds is 4. The van der Waals surface area contributed by atoms with Gasteiger partial charge in [-0.3, -0.25) is 4.90 Å². The number of hydrogen-bond acceptors (Lipinski definition) is 2. The fourth-order valence-electron chi connectivity index (χ4n) is 3.81. The molecular weight excluding hydrogens is 280 g/mol. The Kier molecular flexibility index (Phi) is 4.09. The van der Waals surface area contributed by atoms with Crippen LogP contribution in [0.4, 0.5) is 11.4 Å². The number of anilines is 2. The summed E-state index contributed by atoms with van der Waals surface area (Å²) in [5.74, 6) is 0.965. The van der Waals surface area contributed by atoms with Crippen molar-refractivity contribution in [2.75, 3.05) is 25.0 Å². The third-order valence-corrected chi connectivity index (χ3v) is 5.55. The summed E-state index contributed by atoms with van der Waals surface area (Å²) in [6.07, 6.45) is 5.54. The molecule has 0 aromatic heterocycles. The zero-order valence-corrected chi connectivity index (χ0v) is 14.0. The molecule has 1 aliphatic carbocycles. The van der Waals surface area contributed by atoms with Gasteiger partial charge in [-0.1, -0.05) is 30.7 Å². The van der Waals surface area contributed by atoms with Crippen LogP contribution in [-0.2, 0) is 13.0 Å². The van der Waals surface area contributed by atoms with Gasteiger partial charge >= 0.3 is 0 Å². The van der Waals surface area contributed by atoms with Gasteiger partial charge in [0.25, 0.3) is 0 Å². The molecule has 0 N–H and O–H groups in total. The maximum Gasteiger partial charge on any atom is 0.0411 e. The summed E-state index contributed by atoms with van der Waals surface area (Å²) in [4.78, 5) is 4.95. The van der Waals surface area contributed by atoms with E-state index in [1.165, 1.54) is 55.7 Å². The lowest BCUT2D eigenvalue weighted by atomic mass is 9.84. The molecule has 2 nitrogen and oxygen atoms in total. The maximum absolute atomic E-state index is 2.67. The van der Waals surface area contributed by atoms with Gasteiger partial charge in [-0.05, 0) is 60.6 Å². The van der Waals surface area contributed by atoms with Gasteiger partial charge in [0.2, 0.25) is 0 Å². The number of fused-ring (bicyclic) bond motifs is 1. The Bertz CT molecular complexity index is 661. The molecule has 120 valence electrons. The van der Waals surface area contributed by atoms with Gasteiger partial charge in [0.1, 0.15) is 0 Å². The SMILES string of the molecule is CN(c1ccccc1)c1ccc2c(c1)CN(CC1CCC1)CC2. The van der Waals surface area contributed by atoms with Crippen molar-refractivity contribution in [1.82, 2.24) is 4.90 Å². The van der Waals surface area contributed by atoms with Crippen molar-refractivity contribution in [1.29, 1.82) is 0 Å². The fraction of sp³-hybridized carbons (Fsp3) is 0.429. The van der Waals surface area contributed by atoms with Crippen LogP contribution < -0.4 is 4.90 Å². The third-order valence-electron chi connectivity index (χ3n) is 5.55. The molecule has 2 aromatic carbocycles. The lowest BCUT2D eigenvalue weighted by Crippen LogP contribution is -2.36. The first-order valence-electron chi connectivity index (χ1n) is 8.92. The van der Waals surface area contributed by atoms with E-state index in [4.69, 9.17) is 0 Å². The number of hydrogen-bond donors (Lipinski definition) is 0. The van der Waals surface area contributed by atoms with Gasteiger partial charge in [-0.25, -0.2) is 0 Å². The van der Waals surface area contributed by atoms with Gasteiger partial charge < -0.3 is 4.90 Å². The predicted octanol–water partition coefficient (Wildman–Crippen LogP) is 4.61. The van der Waals surface area contributed by atoms with Crippen LogP contribution in [-0.4, -0.2) is 25.0 Å². The van der Waals surface area contributed by atoms with Crippen LogP contribution in [0.5, 0.6) is 0 Å². The maximum atomic E-state index is 2.67. The molecule has 1 saturated carbocycles. The zero-order chi connectivity index (χ0) is 15.6. The van der Waals surface area contributed by atoms with E-state index in [9.17, 15) is 0 Å². The third kappa shape index (κ3) is 3.13. The highest BCUT2D eigenvalue weighted by Gasteiger charge is 2.23. The minimum atomic E-state index is 0.965. The van der Waals surface area contributed by atoms with Gasteiger partial charge in [0, 0.05) is 38.1 Å². The van der Waals surface area contributed by atoms with Crippen molar-refractivity contribution in [2.24, 2.45) is 5.92 Å². The van der Waals surface area contributed by atoms with Crippen molar-refractivity contribution in [3.8, 4) is 0 Å². The molecule has 23 heavy (non-hydrogen) atoms. The summed E-state index contributed by atoms with van der Waals surface area (Å²) in [6, 6.07) is 17.6. The molecule has 4 rings (SSSR count). The molecule has 0 spiro atoms. The Morgan fingerprint density at radius 1 is 1.00 bits per heavy atom. The Morgan fingerprint density at radius 3 is 2.57 bits per heavy atom. The van der Waals surface area contributed by atoms with E-state index >= 15 is 0 Å². The summed E-state index contributed by atoms with van der Waals surface area (Å²) in [5.41, 5.74) is 5.60. The topological polar surface area (TPSA) is 6.48 Å². The fourth-order valence-corrected chi connectivity index (χ4v) is 3.81. The molecule has 2 heteroatoms. The van der Waals surface area contributed by atoms with E-state index in [1.807, 2.05) is 0 Å². The number of nitrogens with zero attached hydrogens (tertiary/aromatic N) is 2. The molecule has 0 amide bonds. The Hall–Kier alpha value is -1.80. The molecule has 1 aliphatic heterocycles. The molecular formula is C21H26N2. The first-order valence-corrected chi connectivity index (χ1v) is 8.92. The van der Waals surface area contributed by atoms with Crippen molar-refractivity contribution < 1.29 is 0 Å². The minimum absolute atomic E-state index is 0.965. The average Bonchev–Trinajstić information content (AvgIpc) is 2.57. The highest BCUT2D eigenvalue weighted by atomic mass is 15.1. The van der Waals surface area contributed by atoms with Crippen molar-refractivity contribution in [3.05, 3.63) is 59.7 Å². The largest absolute Gasteiger partial charge is 0.345 e. The lowest BCUT2D eigenvalue weighted by molar-refractivity contribution is 0.166. The minimum Gasteiger partial charge on any atom is -0.345 e. The van der Waals surface area contributed by atoms with Crippen LogP contribution in [0.3, 0.4) is 0 Å². The van der Waals surface area contributed by atoms with Crippen molar-refractivity contribution >= 4 is 11.4 Å². The van der Waals surface area contributed by atoms with E-state index in [2.05, 4.69) is 65.4 Å². The normalized spacial score (nSPS) is 18.3. The van der Waals surface area contributed by atoms with Gasteiger partial charge in [0.05, 0.1) is 0 Å². The molecule has 2 aromatic rings. The van der Waals surface area contributed by atoms with Gasteiger partial charge in [-0.2, -0.15) is 0 Å². The number of para-hydroxylation sites is 1. The highest BCUT2D eigenvalue weighted by Crippen LogP contribution is 2.31. The van der Waals surface area contributed by atoms with Gasteiger partial charge in [0.15, 0.2) is 0 Å². The van der Waals surface area contributed by atoms with Crippen LogP contribution in [0.2, 0.25) is 0 Å². The second-order valence-corrected chi connectivity index (χ2v) is 7.13. The standard InChI is InChI=1S/C21H26N2/c1-22(20-8-3-2-4-9-20)21-11-10-18-12-13-23(16-19(18)14-21)15-17-6-5-7-17/h2-4,8-11,14,17H,5-7,12-13,15-16H2,1H3. The van der Waals surface area contributed by atoms with Crippen LogP contribution in [0.25, 0.3) is 0 Å². The van der Waals surface area contributed by atoms with E-state index in [0.29, 0.717) is 0 Å². The Balaban J connectivity index is 1.52.